The summed E-state index contributed by atoms with van der Waals surface area (Å²) in [5.74, 6) is -0.340. The van der Waals surface area contributed by atoms with Crippen LogP contribution < -0.4 is 5.56 Å². The van der Waals surface area contributed by atoms with Crippen LogP contribution in [0.5, 0.6) is 0 Å². The number of aromatic nitrogens is 2. The van der Waals surface area contributed by atoms with Crippen molar-refractivity contribution in [2.75, 3.05) is 14.2 Å². The second-order valence-corrected chi connectivity index (χ2v) is 2.50. The van der Waals surface area contributed by atoms with Crippen LogP contribution in [0.2, 0.25) is 0 Å². The zero-order valence-electron chi connectivity index (χ0n) is 7.86. The molecule has 76 valence electrons. The highest BCUT2D eigenvalue weighted by Gasteiger charge is 2.11. The van der Waals surface area contributed by atoms with Crippen molar-refractivity contribution in [1.29, 1.82) is 0 Å². The predicted octanol–water partition coefficient (Wildman–Crippen LogP) is -0.297. The van der Waals surface area contributed by atoms with Crippen molar-refractivity contribution in [1.82, 2.24) is 9.97 Å². The van der Waals surface area contributed by atoms with E-state index in [2.05, 4.69) is 14.7 Å². The van der Waals surface area contributed by atoms with E-state index in [1.807, 2.05) is 0 Å². The lowest BCUT2D eigenvalue weighted by Crippen LogP contribution is -2.21. The monoisotopic (exact) mass is 198 g/mol. The summed E-state index contributed by atoms with van der Waals surface area (Å²) >= 11 is 0. The van der Waals surface area contributed by atoms with Gasteiger partial charge in [-0.25, -0.2) is 9.78 Å². The molecule has 0 spiro atoms. The van der Waals surface area contributed by atoms with Gasteiger partial charge in [0, 0.05) is 13.3 Å². The van der Waals surface area contributed by atoms with E-state index in [0.717, 1.165) is 0 Å². The van der Waals surface area contributed by atoms with Gasteiger partial charge in [-0.2, -0.15) is 0 Å². The molecule has 0 aromatic carbocycles. The molecular formula is C8H10N2O4. The van der Waals surface area contributed by atoms with Crippen molar-refractivity contribution in [3.05, 3.63) is 27.9 Å². The summed E-state index contributed by atoms with van der Waals surface area (Å²) in [6.45, 7) is 0.191. The van der Waals surface area contributed by atoms with E-state index in [9.17, 15) is 9.59 Å². The van der Waals surface area contributed by atoms with Gasteiger partial charge in [0.15, 0.2) is 0 Å². The second kappa shape index (κ2) is 4.52. The van der Waals surface area contributed by atoms with Gasteiger partial charge < -0.3 is 14.5 Å². The third-order valence-corrected chi connectivity index (χ3v) is 1.54. The summed E-state index contributed by atoms with van der Waals surface area (Å²) in [4.78, 5) is 28.5. The van der Waals surface area contributed by atoms with Crippen LogP contribution in [0.15, 0.2) is 11.0 Å². The first kappa shape index (κ1) is 10.4. The average Bonchev–Trinajstić information content (AvgIpc) is 2.17. The summed E-state index contributed by atoms with van der Waals surface area (Å²) in [6.07, 6.45) is 1.17. The van der Waals surface area contributed by atoms with Gasteiger partial charge in [0.1, 0.15) is 18.0 Å². The Morgan fingerprint density at radius 3 is 2.79 bits per heavy atom. The lowest BCUT2D eigenvalue weighted by molar-refractivity contribution is 0.0597. The van der Waals surface area contributed by atoms with Crippen LogP contribution in [-0.2, 0) is 16.1 Å². The molecule has 6 nitrogen and oxygen atoms in total. The van der Waals surface area contributed by atoms with E-state index in [-0.39, 0.29) is 12.2 Å². The molecule has 0 radical (unpaired) electrons. The van der Waals surface area contributed by atoms with E-state index in [1.165, 1.54) is 20.4 Å². The number of methoxy groups -OCH3 is 2. The Morgan fingerprint density at radius 1 is 1.57 bits per heavy atom. The Balaban J connectivity index is 3.02. The molecule has 0 amide bonds. The van der Waals surface area contributed by atoms with Crippen LogP contribution in [-0.4, -0.2) is 30.2 Å². The van der Waals surface area contributed by atoms with Gasteiger partial charge in [0.25, 0.3) is 5.56 Å². The van der Waals surface area contributed by atoms with Crippen LogP contribution in [0.3, 0.4) is 0 Å². The van der Waals surface area contributed by atoms with Crippen molar-refractivity contribution in [3.8, 4) is 0 Å². The van der Waals surface area contributed by atoms with E-state index in [1.54, 1.807) is 0 Å². The molecule has 1 heterocycles. The number of esters is 1. The fourth-order valence-corrected chi connectivity index (χ4v) is 0.897. The molecule has 0 fully saturated rings. The number of rotatable bonds is 3. The van der Waals surface area contributed by atoms with Crippen molar-refractivity contribution in [3.63, 3.8) is 0 Å². The number of ether oxygens (including phenoxy) is 2. The lowest BCUT2D eigenvalue weighted by Gasteiger charge is -2.00. The number of carbonyl (C=O) groups is 1. The van der Waals surface area contributed by atoms with Gasteiger partial charge in [-0.1, -0.05) is 0 Å². The van der Waals surface area contributed by atoms with Crippen LogP contribution >= 0.6 is 0 Å². The van der Waals surface area contributed by atoms with Crippen LogP contribution in [0, 0.1) is 0 Å². The van der Waals surface area contributed by atoms with Gasteiger partial charge in [0.2, 0.25) is 0 Å². The van der Waals surface area contributed by atoms with E-state index in [0.29, 0.717) is 5.82 Å². The molecule has 0 saturated carbocycles. The molecule has 1 aromatic heterocycles. The van der Waals surface area contributed by atoms with Crippen molar-refractivity contribution >= 4 is 5.97 Å². The first-order valence-corrected chi connectivity index (χ1v) is 3.84. The molecular weight excluding hydrogens is 188 g/mol. The normalized spacial score (nSPS) is 9.86. The number of nitrogens with zero attached hydrogens (tertiary/aromatic N) is 1. The first-order chi connectivity index (χ1) is 6.69. The molecule has 0 unspecified atom stereocenters. The number of nitrogens with one attached hydrogen (secondary N) is 1. The molecule has 1 aromatic rings. The number of hydrogen-bond donors (Lipinski definition) is 1. The molecule has 0 aliphatic carbocycles. The van der Waals surface area contributed by atoms with Gasteiger partial charge in [-0.15, -0.1) is 0 Å². The summed E-state index contributed by atoms with van der Waals surface area (Å²) in [7, 11) is 2.68. The van der Waals surface area contributed by atoms with E-state index < -0.39 is 11.5 Å². The number of H-pyrrole nitrogens is 1. The third-order valence-electron chi connectivity index (χ3n) is 1.54. The number of aromatic amines is 1. The molecule has 0 atom stereocenters. The SMILES string of the molecule is COCc1ncc(C(=O)OC)c(=O)[nH]1. The molecule has 1 rings (SSSR count). The van der Waals surface area contributed by atoms with Crippen LogP contribution in [0.4, 0.5) is 0 Å². The Labute approximate surface area is 79.9 Å². The zero-order chi connectivity index (χ0) is 10.6. The molecule has 0 bridgehead atoms. The topological polar surface area (TPSA) is 81.3 Å². The van der Waals surface area contributed by atoms with Gasteiger partial charge in [-0.3, -0.25) is 4.79 Å². The zero-order valence-corrected chi connectivity index (χ0v) is 7.86. The van der Waals surface area contributed by atoms with E-state index in [4.69, 9.17) is 4.74 Å². The van der Waals surface area contributed by atoms with Crippen molar-refractivity contribution < 1.29 is 14.3 Å². The Bertz CT molecular complexity index is 385. The molecule has 1 N–H and O–H groups in total. The van der Waals surface area contributed by atoms with Crippen molar-refractivity contribution in [2.24, 2.45) is 0 Å². The number of hydrogen-bond acceptors (Lipinski definition) is 5. The molecule has 0 saturated heterocycles. The smallest absolute Gasteiger partial charge is 0.345 e. The average molecular weight is 198 g/mol. The Hall–Kier alpha value is -1.69. The summed E-state index contributed by atoms with van der Waals surface area (Å²) in [5.41, 5.74) is -0.647. The molecule has 0 aliphatic heterocycles. The fourth-order valence-electron chi connectivity index (χ4n) is 0.897. The Kier molecular flexibility index (Phi) is 3.35. The molecule has 14 heavy (non-hydrogen) atoms. The number of carbonyl (C=O) groups excluding carboxylic acids is 1. The molecule has 6 heteroatoms. The Morgan fingerprint density at radius 2 is 2.29 bits per heavy atom. The summed E-state index contributed by atoms with van der Waals surface area (Å²) < 4.78 is 9.15. The van der Waals surface area contributed by atoms with Crippen LogP contribution in [0.1, 0.15) is 16.2 Å². The quantitative estimate of drug-likeness (QED) is 0.674. The predicted molar refractivity (Wildman–Crippen MR) is 46.9 cm³/mol. The highest BCUT2D eigenvalue weighted by Crippen LogP contribution is 1.93. The lowest BCUT2D eigenvalue weighted by atomic mass is 10.3. The minimum atomic E-state index is -0.706. The van der Waals surface area contributed by atoms with Crippen molar-refractivity contribution in [2.45, 2.75) is 6.61 Å². The standard InChI is InChI=1S/C8H10N2O4/c1-13-4-6-9-3-5(7(11)10-6)8(12)14-2/h3H,4H2,1-2H3,(H,9,10,11). The minimum Gasteiger partial charge on any atom is -0.465 e. The van der Waals surface area contributed by atoms with Gasteiger partial charge >= 0.3 is 5.97 Å². The van der Waals surface area contributed by atoms with Gasteiger partial charge in [0.05, 0.1) is 7.11 Å². The van der Waals surface area contributed by atoms with Crippen LogP contribution in [0.25, 0.3) is 0 Å². The maximum Gasteiger partial charge on any atom is 0.345 e. The maximum atomic E-state index is 11.3. The molecule has 0 aliphatic rings. The highest BCUT2D eigenvalue weighted by molar-refractivity contribution is 5.88. The minimum absolute atomic E-state index is 0.118. The summed E-state index contributed by atoms with van der Waals surface area (Å²) in [6, 6.07) is 0. The highest BCUT2D eigenvalue weighted by atomic mass is 16.5. The summed E-state index contributed by atoms with van der Waals surface area (Å²) in [5, 5.41) is 0. The van der Waals surface area contributed by atoms with E-state index >= 15 is 0 Å². The van der Waals surface area contributed by atoms with Gasteiger partial charge in [-0.05, 0) is 0 Å². The third kappa shape index (κ3) is 2.17. The first-order valence-electron chi connectivity index (χ1n) is 3.84. The second-order valence-electron chi connectivity index (χ2n) is 2.50. The largest absolute Gasteiger partial charge is 0.465 e. The maximum absolute atomic E-state index is 11.3. The fraction of sp³-hybridized carbons (Fsp3) is 0.375.